The van der Waals surface area contributed by atoms with E-state index in [1.165, 1.54) is 24.3 Å². The molecule has 0 spiro atoms. The predicted molar refractivity (Wildman–Crippen MR) is 108 cm³/mol. The van der Waals surface area contributed by atoms with Crippen LogP contribution in [0.3, 0.4) is 0 Å². The van der Waals surface area contributed by atoms with E-state index in [0.717, 1.165) is 25.7 Å². The summed E-state index contributed by atoms with van der Waals surface area (Å²) < 4.78 is 10.5. The zero-order valence-electron chi connectivity index (χ0n) is 16.3. The highest BCUT2D eigenvalue weighted by Crippen LogP contribution is 2.17. The molecule has 0 fully saturated rings. The SMILES string of the molecule is CCCCCCOC(=O)c1ccc(NC(=O)COc2ccc([N+](=O)[O-])cc2)cc1. The van der Waals surface area contributed by atoms with Crippen molar-refractivity contribution in [3.05, 3.63) is 64.2 Å². The monoisotopic (exact) mass is 400 g/mol. The fraction of sp³-hybridized carbons (Fsp3) is 0.333. The van der Waals surface area contributed by atoms with Gasteiger partial charge in [0.05, 0.1) is 17.1 Å². The third kappa shape index (κ3) is 7.61. The van der Waals surface area contributed by atoms with Crippen LogP contribution < -0.4 is 10.1 Å². The molecule has 1 amide bonds. The number of hydrogen-bond acceptors (Lipinski definition) is 6. The van der Waals surface area contributed by atoms with Gasteiger partial charge in [0.1, 0.15) is 5.75 Å². The summed E-state index contributed by atoms with van der Waals surface area (Å²) in [6, 6.07) is 11.8. The number of esters is 1. The summed E-state index contributed by atoms with van der Waals surface area (Å²) in [6.07, 6.45) is 4.14. The van der Waals surface area contributed by atoms with Gasteiger partial charge >= 0.3 is 5.97 Å². The first-order valence-corrected chi connectivity index (χ1v) is 9.44. The number of unbranched alkanes of at least 4 members (excludes halogenated alkanes) is 3. The van der Waals surface area contributed by atoms with E-state index in [2.05, 4.69) is 12.2 Å². The van der Waals surface area contributed by atoms with E-state index in [4.69, 9.17) is 9.47 Å². The molecular weight excluding hydrogens is 376 g/mol. The summed E-state index contributed by atoms with van der Waals surface area (Å²) in [6.45, 7) is 2.27. The molecule has 0 saturated heterocycles. The zero-order chi connectivity index (χ0) is 21.1. The standard InChI is InChI=1S/C21H24N2O6/c1-2-3-4-5-14-28-21(25)16-6-8-17(9-7-16)22-20(24)15-29-19-12-10-18(11-13-19)23(26)27/h6-13H,2-5,14-15H2,1H3,(H,22,24). The Morgan fingerprint density at radius 1 is 1.00 bits per heavy atom. The Kier molecular flexibility index (Phi) is 8.62. The molecule has 2 aromatic carbocycles. The second-order valence-electron chi connectivity index (χ2n) is 6.36. The van der Waals surface area contributed by atoms with Crippen LogP contribution in [0.1, 0.15) is 43.0 Å². The summed E-state index contributed by atoms with van der Waals surface area (Å²) in [5.41, 5.74) is 0.879. The maximum atomic E-state index is 12.0. The van der Waals surface area contributed by atoms with E-state index < -0.39 is 10.8 Å². The minimum absolute atomic E-state index is 0.0543. The lowest BCUT2D eigenvalue weighted by Crippen LogP contribution is -2.20. The summed E-state index contributed by atoms with van der Waals surface area (Å²) in [5, 5.41) is 13.3. The Hall–Kier alpha value is -3.42. The minimum atomic E-state index is -0.512. The van der Waals surface area contributed by atoms with Crippen molar-refractivity contribution in [3.8, 4) is 5.75 Å². The van der Waals surface area contributed by atoms with Gasteiger partial charge in [-0.05, 0) is 42.8 Å². The van der Waals surface area contributed by atoms with Gasteiger partial charge < -0.3 is 14.8 Å². The highest BCUT2D eigenvalue weighted by molar-refractivity contribution is 5.93. The lowest BCUT2D eigenvalue weighted by atomic mass is 10.2. The molecule has 0 atom stereocenters. The molecule has 0 radical (unpaired) electrons. The number of hydrogen-bond donors (Lipinski definition) is 1. The third-order valence-corrected chi connectivity index (χ3v) is 4.05. The summed E-state index contributed by atoms with van der Waals surface area (Å²) in [7, 11) is 0. The van der Waals surface area contributed by atoms with Crippen LogP contribution in [0, 0.1) is 10.1 Å². The second-order valence-corrected chi connectivity index (χ2v) is 6.36. The smallest absolute Gasteiger partial charge is 0.338 e. The average Bonchev–Trinajstić information content (AvgIpc) is 2.73. The normalized spacial score (nSPS) is 10.2. The number of carbonyl (C=O) groups excluding carboxylic acids is 2. The van der Waals surface area contributed by atoms with Crippen molar-refractivity contribution in [2.24, 2.45) is 0 Å². The van der Waals surface area contributed by atoms with Gasteiger partial charge in [0.25, 0.3) is 11.6 Å². The number of ether oxygens (including phenoxy) is 2. The fourth-order valence-electron chi connectivity index (χ4n) is 2.48. The van der Waals surface area contributed by atoms with Crippen LogP contribution in [-0.2, 0) is 9.53 Å². The highest BCUT2D eigenvalue weighted by atomic mass is 16.6. The first-order valence-electron chi connectivity index (χ1n) is 9.44. The van der Waals surface area contributed by atoms with Gasteiger partial charge in [-0.25, -0.2) is 4.79 Å². The van der Waals surface area contributed by atoms with E-state index in [1.54, 1.807) is 24.3 Å². The van der Waals surface area contributed by atoms with E-state index >= 15 is 0 Å². The summed E-state index contributed by atoms with van der Waals surface area (Å²) >= 11 is 0. The summed E-state index contributed by atoms with van der Waals surface area (Å²) in [4.78, 5) is 34.0. The number of nitrogens with zero attached hydrogens (tertiary/aromatic N) is 1. The Bertz CT molecular complexity index is 818. The van der Waals surface area contributed by atoms with Crippen molar-refractivity contribution in [1.29, 1.82) is 0 Å². The van der Waals surface area contributed by atoms with Gasteiger partial charge in [0.2, 0.25) is 0 Å². The van der Waals surface area contributed by atoms with Gasteiger partial charge in [0.15, 0.2) is 6.61 Å². The van der Waals surface area contributed by atoms with Gasteiger partial charge in [-0.1, -0.05) is 26.2 Å². The van der Waals surface area contributed by atoms with E-state index in [-0.39, 0.29) is 18.3 Å². The number of rotatable bonds is 11. The molecule has 2 aromatic rings. The van der Waals surface area contributed by atoms with Crippen molar-refractivity contribution < 1.29 is 24.0 Å². The average molecular weight is 400 g/mol. The van der Waals surface area contributed by atoms with E-state index in [1.807, 2.05) is 0 Å². The molecule has 0 aliphatic heterocycles. The van der Waals surface area contributed by atoms with E-state index in [9.17, 15) is 19.7 Å². The van der Waals surface area contributed by atoms with Crippen molar-refractivity contribution in [1.82, 2.24) is 0 Å². The van der Waals surface area contributed by atoms with Crippen molar-refractivity contribution >= 4 is 23.3 Å². The molecule has 0 saturated carbocycles. The lowest BCUT2D eigenvalue weighted by molar-refractivity contribution is -0.384. The molecule has 8 nitrogen and oxygen atoms in total. The number of nitro benzene ring substituents is 1. The zero-order valence-corrected chi connectivity index (χ0v) is 16.3. The number of benzene rings is 2. The Morgan fingerprint density at radius 3 is 2.31 bits per heavy atom. The van der Waals surface area contributed by atoms with Crippen molar-refractivity contribution in [2.75, 3.05) is 18.5 Å². The number of amides is 1. The molecule has 0 aliphatic rings. The molecule has 1 N–H and O–H groups in total. The van der Waals surface area contributed by atoms with Crippen LogP contribution in [-0.4, -0.2) is 30.0 Å². The minimum Gasteiger partial charge on any atom is -0.484 e. The van der Waals surface area contributed by atoms with E-state index in [0.29, 0.717) is 23.6 Å². The molecule has 0 aromatic heterocycles. The highest BCUT2D eigenvalue weighted by Gasteiger charge is 2.09. The van der Waals surface area contributed by atoms with Crippen LogP contribution in [0.25, 0.3) is 0 Å². The fourth-order valence-corrected chi connectivity index (χ4v) is 2.48. The van der Waals surface area contributed by atoms with Crippen LogP contribution in [0.5, 0.6) is 5.75 Å². The molecule has 8 heteroatoms. The molecular formula is C21H24N2O6. The van der Waals surface area contributed by atoms with Crippen molar-refractivity contribution in [2.45, 2.75) is 32.6 Å². The van der Waals surface area contributed by atoms with Crippen LogP contribution in [0.15, 0.2) is 48.5 Å². The maximum Gasteiger partial charge on any atom is 0.338 e. The van der Waals surface area contributed by atoms with Crippen LogP contribution >= 0.6 is 0 Å². The molecule has 0 bridgehead atoms. The number of nitrogens with one attached hydrogen (secondary N) is 1. The van der Waals surface area contributed by atoms with Gasteiger partial charge in [-0.3, -0.25) is 14.9 Å². The van der Waals surface area contributed by atoms with Gasteiger partial charge in [-0.2, -0.15) is 0 Å². The largest absolute Gasteiger partial charge is 0.484 e. The first-order chi connectivity index (χ1) is 14.0. The van der Waals surface area contributed by atoms with Gasteiger partial charge in [0, 0.05) is 17.8 Å². The molecule has 0 aliphatic carbocycles. The second kappa shape index (κ2) is 11.4. The van der Waals surface area contributed by atoms with Crippen LogP contribution in [0.2, 0.25) is 0 Å². The number of nitro groups is 1. The Morgan fingerprint density at radius 2 is 1.69 bits per heavy atom. The first kappa shape index (κ1) is 21.9. The quantitative estimate of drug-likeness (QED) is 0.260. The molecule has 29 heavy (non-hydrogen) atoms. The van der Waals surface area contributed by atoms with Crippen molar-refractivity contribution in [3.63, 3.8) is 0 Å². The number of non-ortho nitro benzene ring substituents is 1. The number of anilines is 1. The predicted octanol–water partition coefficient (Wildman–Crippen LogP) is 4.35. The molecule has 0 heterocycles. The maximum absolute atomic E-state index is 12.0. The molecule has 0 unspecified atom stereocenters. The number of carbonyl (C=O) groups is 2. The Labute approximate surface area is 169 Å². The topological polar surface area (TPSA) is 108 Å². The third-order valence-electron chi connectivity index (χ3n) is 4.05. The summed E-state index contributed by atoms with van der Waals surface area (Å²) in [5.74, 6) is -0.432. The lowest BCUT2D eigenvalue weighted by Gasteiger charge is -2.08. The Balaban J connectivity index is 1.76. The molecule has 154 valence electrons. The molecule has 2 rings (SSSR count). The van der Waals surface area contributed by atoms with Gasteiger partial charge in [-0.15, -0.1) is 0 Å². The van der Waals surface area contributed by atoms with Crippen LogP contribution in [0.4, 0.5) is 11.4 Å².